The van der Waals surface area contributed by atoms with Crippen LogP contribution in [0.25, 0.3) is 11.0 Å². The molecule has 5 aromatic rings. The first-order chi connectivity index (χ1) is 30.5. The summed E-state index contributed by atoms with van der Waals surface area (Å²) in [6.45, 7) is 6.67. The molecular weight excluding hydrogens is 817 g/mol. The van der Waals surface area contributed by atoms with E-state index in [1.54, 1.807) is 41.7 Å². The lowest BCUT2D eigenvalue weighted by Crippen LogP contribution is -2.63. The van der Waals surface area contributed by atoms with Crippen LogP contribution in [-0.4, -0.2) is 77.9 Å². The molecule has 2 saturated heterocycles. The fourth-order valence-electron chi connectivity index (χ4n) is 10.9. The van der Waals surface area contributed by atoms with Crippen LogP contribution in [0.15, 0.2) is 84.1 Å². The Kier molecular flexibility index (Phi) is 11.1. The number of likely N-dealkylation sites (tertiary alicyclic amines) is 1. The Morgan fingerprint density at radius 3 is 2.48 bits per heavy atom. The van der Waals surface area contributed by atoms with Crippen molar-refractivity contribution in [3.8, 4) is 11.5 Å². The Hall–Kier alpha value is -5.54. The molecule has 2 aliphatic heterocycles. The number of carbonyl (C=O) groups excluding carboxylic acids is 1. The molecule has 2 atom stereocenters. The number of rotatable bonds is 13. The Labute approximate surface area is 368 Å². The predicted octanol–water partition coefficient (Wildman–Crippen LogP) is 9.13. The molecule has 63 heavy (non-hydrogen) atoms. The highest BCUT2D eigenvalue weighted by Gasteiger charge is 2.49. The second kappa shape index (κ2) is 16.9. The molecule has 5 fully saturated rings. The zero-order valence-electron chi connectivity index (χ0n) is 35.8. The second-order valence-corrected chi connectivity index (χ2v) is 20.7. The van der Waals surface area contributed by atoms with Crippen molar-refractivity contribution in [1.29, 1.82) is 0 Å². The Balaban J connectivity index is 0.836. The molecule has 15 heteroatoms. The lowest BCUT2D eigenvalue weighted by atomic mass is 9.70. The van der Waals surface area contributed by atoms with E-state index in [9.17, 15) is 23.3 Å². The highest BCUT2D eigenvalue weighted by atomic mass is 32.2. The van der Waals surface area contributed by atoms with Gasteiger partial charge in [-0.05, 0) is 116 Å². The summed E-state index contributed by atoms with van der Waals surface area (Å²) in [5.74, 6) is 1.97. The van der Waals surface area contributed by atoms with E-state index >= 15 is 0 Å². The van der Waals surface area contributed by atoms with Crippen LogP contribution in [0.4, 0.5) is 17.2 Å². The van der Waals surface area contributed by atoms with E-state index in [2.05, 4.69) is 66.0 Å². The number of hydrogen-bond acceptors (Lipinski definition) is 11. The number of amides is 1. The third kappa shape index (κ3) is 8.61. The number of hydrogen-bond donors (Lipinski definition) is 3. The van der Waals surface area contributed by atoms with Gasteiger partial charge >= 0.3 is 5.69 Å². The summed E-state index contributed by atoms with van der Waals surface area (Å²) in [5.41, 5.74) is 4.52. The average molecular weight is 873 g/mol. The van der Waals surface area contributed by atoms with Crippen molar-refractivity contribution in [2.24, 2.45) is 17.3 Å². The normalized spacial score (nSPS) is 23.7. The Bertz CT molecular complexity index is 2620. The number of nitrogens with zero attached hydrogens (tertiary/aromatic N) is 5. The molecule has 10 rings (SSSR count). The van der Waals surface area contributed by atoms with Crippen LogP contribution in [0.2, 0.25) is 0 Å². The number of ether oxygens (including phenoxy) is 1. The molecular formula is C48H56N8O6S. The molecule has 0 unspecified atom stereocenters. The van der Waals surface area contributed by atoms with E-state index in [-0.39, 0.29) is 22.5 Å². The topological polar surface area (TPSA) is 176 Å². The number of nitro groups is 1. The number of benzene rings is 2. The van der Waals surface area contributed by atoms with E-state index in [4.69, 9.17) is 4.74 Å². The van der Waals surface area contributed by atoms with Crippen LogP contribution in [0.3, 0.4) is 0 Å². The molecule has 14 nitrogen and oxygen atoms in total. The summed E-state index contributed by atoms with van der Waals surface area (Å²) < 4.78 is 35.9. The summed E-state index contributed by atoms with van der Waals surface area (Å²) in [6.07, 6.45) is 17.2. The number of piperidine rings is 1. The van der Waals surface area contributed by atoms with E-state index in [1.165, 1.54) is 32.1 Å². The molecule has 3 aromatic heterocycles. The van der Waals surface area contributed by atoms with Crippen LogP contribution in [-0.2, 0) is 10.0 Å². The smallest absolute Gasteiger partial charge is 0.312 e. The average Bonchev–Trinajstić information content (AvgIpc) is 3.82. The predicted molar refractivity (Wildman–Crippen MR) is 242 cm³/mol. The minimum absolute atomic E-state index is 0.00538. The lowest BCUT2D eigenvalue weighted by molar-refractivity contribution is -0.384. The maximum Gasteiger partial charge on any atom is 0.312 e. The van der Waals surface area contributed by atoms with Crippen LogP contribution in [0, 0.1) is 27.4 Å². The van der Waals surface area contributed by atoms with Crippen LogP contribution >= 0.6 is 0 Å². The van der Waals surface area contributed by atoms with Gasteiger partial charge in [-0.15, -0.1) is 0 Å². The van der Waals surface area contributed by atoms with E-state index in [0.717, 1.165) is 94.0 Å². The lowest BCUT2D eigenvalue weighted by Gasteiger charge is -2.57. The summed E-state index contributed by atoms with van der Waals surface area (Å²) >= 11 is 0. The number of nitrogens with one attached hydrogen (secondary N) is 3. The van der Waals surface area contributed by atoms with Crippen molar-refractivity contribution < 1.29 is 22.9 Å². The van der Waals surface area contributed by atoms with Gasteiger partial charge in [0.15, 0.2) is 0 Å². The van der Waals surface area contributed by atoms with Gasteiger partial charge in [-0.25, -0.2) is 23.1 Å². The van der Waals surface area contributed by atoms with Gasteiger partial charge in [0.25, 0.3) is 15.9 Å². The van der Waals surface area contributed by atoms with E-state index in [1.807, 2.05) is 12.1 Å². The molecule has 5 aliphatic rings. The largest absolute Gasteiger partial charge is 0.455 e. The molecule has 3 N–H and O–H groups in total. The van der Waals surface area contributed by atoms with Crippen molar-refractivity contribution in [2.75, 3.05) is 42.9 Å². The number of sulfonamides is 1. The van der Waals surface area contributed by atoms with Gasteiger partial charge in [0.2, 0.25) is 5.82 Å². The molecule has 0 radical (unpaired) electrons. The number of carbonyl (C=O) groups is 1. The number of fused-ring (bicyclic) bond motifs is 1. The first-order valence-corrected chi connectivity index (χ1v) is 24.3. The fourth-order valence-corrected chi connectivity index (χ4v) is 11.8. The molecule has 2 aromatic carbocycles. The fraction of sp³-hybridized carbons (Fsp3) is 0.479. The number of aromatic amines is 1. The second-order valence-electron chi connectivity index (χ2n) is 19.0. The Morgan fingerprint density at radius 1 is 0.937 bits per heavy atom. The van der Waals surface area contributed by atoms with Gasteiger partial charge in [0.05, 0.1) is 22.9 Å². The van der Waals surface area contributed by atoms with Crippen LogP contribution in [0.5, 0.6) is 11.5 Å². The molecule has 3 aliphatic carbocycles. The maximum atomic E-state index is 14.0. The number of pyridine rings is 2. The molecule has 1 spiro atoms. The SMILES string of the molecule is CC1CCC(CNc2ncc(S(=O)(=O)NC(=O)c3ccc(N4CCC5(CC4)CN([C@@H]4CCC[C@H]4c4ccccc4C4CC4)C5)cc3Oc3cnc4[nH]ccc4c3)cc2[N+](=O)[O-])CC1. The standard InChI is InChI=1S/C48H56N8O6S/c1-31-9-11-32(12-10-31)26-50-46-43(56(58)59)25-37(28-52-46)63(60,61)53-47(57)41-16-15-35(24-44(41)62-36-23-34-17-20-49-45(34)51-27-36)54-21-18-48(19-22-54)29-55(30-48)42-8-4-7-40(42)39-6-3-2-5-38(39)33-13-14-33/h2-3,5-6,15-17,20,23-25,27-28,31-33,40,42H,4,7-14,18-19,21-22,26,29-30H2,1H3,(H,49,51)(H,50,52)(H,53,57)/t31?,32?,40-,42+/m0/s1. The quantitative estimate of drug-likeness (QED) is 0.0760. The van der Waals surface area contributed by atoms with Gasteiger partial charge in [-0.2, -0.15) is 0 Å². The summed E-state index contributed by atoms with van der Waals surface area (Å²) in [7, 11) is -4.59. The van der Waals surface area contributed by atoms with E-state index in [0.29, 0.717) is 41.7 Å². The monoisotopic (exact) mass is 872 g/mol. The number of anilines is 2. The van der Waals surface area contributed by atoms with Crippen molar-refractivity contribution >= 4 is 44.2 Å². The Morgan fingerprint density at radius 2 is 1.71 bits per heavy atom. The highest BCUT2D eigenvalue weighted by Crippen LogP contribution is 2.51. The summed E-state index contributed by atoms with van der Waals surface area (Å²) in [6, 6.07) is 19.6. The minimum atomic E-state index is -4.59. The maximum absolute atomic E-state index is 14.0. The van der Waals surface area contributed by atoms with Gasteiger partial charge < -0.3 is 19.9 Å². The third-order valence-corrected chi connectivity index (χ3v) is 16.0. The van der Waals surface area contributed by atoms with Gasteiger partial charge in [0.1, 0.15) is 22.0 Å². The van der Waals surface area contributed by atoms with E-state index < -0.39 is 31.4 Å². The molecule has 0 bridgehead atoms. The first-order valence-electron chi connectivity index (χ1n) is 22.8. The van der Waals surface area contributed by atoms with Gasteiger partial charge in [-0.3, -0.25) is 19.8 Å². The third-order valence-electron chi connectivity index (χ3n) is 14.7. The molecule has 330 valence electrons. The van der Waals surface area contributed by atoms with Gasteiger partial charge in [0, 0.05) is 68.2 Å². The highest BCUT2D eigenvalue weighted by molar-refractivity contribution is 7.90. The summed E-state index contributed by atoms with van der Waals surface area (Å²) in [4.78, 5) is 41.6. The van der Waals surface area contributed by atoms with Crippen molar-refractivity contribution in [1.82, 2.24) is 24.6 Å². The van der Waals surface area contributed by atoms with Crippen LogP contribution in [0.1, 0.15) is 111 Å². The van der Waals surface area contributed by atoms with Crippen molar-refractivity contribution in [2.45, 2.75) is 100 Å². The minimum Gasteiger partial charge on any atom is -0.455 e. The van der Waals surface area contributed by atoms with Crippen molar-refractivity contribution in [3.63, 3.8) is 0 Å². The molecule has 3 saturated carbocycles. The van der Waals surface area contributed by atoms with Crippen molar-refractivity contribution in [3.05, 3.63) is 106 Å². The number of H-pyrrole nitrogens is 1. The zero-order valence-corrected chi connectivity index (χ0v) is 36.6. The first kappa shape index (κ1) is 41.5. The van der Waals surface area contributed by atoms with Gasteiger partial charge in [-0.1, -0.05) is 50.5 Å². The summed E-state index contributed by atoms with van der Waals surface area (Å²) in [5, 5.41) is 16.0. The number of aromatic nitrogens is 3. The zero-order chi connectivity index (χ0) is 43.3. The molecule has 1 amide bonds. The molecule has 5 heterocycles. The van der Waals surface area contributed by atoms with Crippen LogP contribution < -0.4 is 19.7 Å².